The molecule has 2 N–H and O–H groups in total. The van der Waals surface area contributed by atoms with E-state index in [1.807, 2.05) is 6.08 Å². The summed E-state index contributed by atoms with van der Waals surface area (Å²) in [5.41, 5.74) is 0. The number of aliphatic hydroxyl groups is 2. The molecule has 0 aliphatic carbocycles. The Morgan fingerprint density at radius 1 is 0.862 bits per heavy atom. The lowest BCUT2D eigenvalue weighted by Gasteiger charge is -2.19. The monoisotopic (exact) mass is 413 g/mol. The highest BCUT2D eigenvalue weighted by Crippen LogP contribution is 2.17. The van der Waals surface area contributed by atoms with Crippen LogP contribution in [0.1, 0.15) is 71.1 Å². The molecule has 0 saturated heterocycles. The molecule has 4 unspecified atom stereocenters. The molecule has 1 radical (unpaired) electrons. The Kier molecular flexibility index (Phi) is 15.6. The standard InChI is InChI=1S/C20H33N2O7/c1-2-3-4-5-7-10-13-19(24)17(21(26)27)16-18(22(28)29)20(25)14-11-8-6-9-12-15-23/h7-8,10-11,17-20,24-25H,2-6,9,12-14,16H2,1H3/b10-7-,11-8-. The summed E-state index contributed by atoms with van der Waals surface area (Å²) in [7, 11) is 0. The van der Waals surface area contributed by atoms with Gasteiger partial charge in [0.05, 0.1) is 6.42 Å². The lowest BCUT2D eigenvalue weighted by atomic mass is 9.95. The summed E-state index contributed by atoms with van der Waals surface area (Å²) in [6, 6.07) is -3.09. The molecule has 0 heterocycles. The van der Waals surface area contributed by atoms with Crippen molar-refractivity contribution in [1.29, 1.82) is 0 Å². The molecule has 9 heteroatoms. The third-order valence-corrected chi connectivity index (χ3v) is 4.63. The summed E-state index contributed by atoms with van der Waals surface area (Å²) in [5, 5.41) is 42.9. The quantitative estimate of drug-likeness (QED) is 0.152. The second kappa shape index (κ2) is 16.8. The van der Waals surface area contributed by atoms with Crippen LogP contribution in [-0.2, 0) is 4.79 Å². The van der Waals surface area contributed by atoms with Crippen molar-refractivity contribution < 1.29 is 24.9 Å². The maximum atomic E-state index is 11.3. The molecule has 9 nitrogen and oxygen atoms in total. The summed E-state index contributed by atoms with van der Waals surface area (Å²) in [4.78, 5) is 31.3. The Bertz CT molecular complexity index is 537. The van der Waals surface area contributed by atoms with Gasteiger partial charge in [0.2, 0.25) is 12.1 Å². The van der Waals surface area contributed by atoms with Gasteiger partial charge in [-0.2, -0.15) is 0 Å². The lowest BCUT2D eigenvalue weighted by Crippen LogP contribution is -2.43. The average molecular weight is 413 g/mol. The first-order chi connectivity index (χ1) is 13.8. The number of aliphatic hydroxyl groups excluding tert-OH is 2. The highest BCUT2D eigenvalue weighted by Gasteiger charge is 2.40. The number of nitrogens with zero attached hydrogens (tertiary/aromatic N) is 2. The van der Waals surface area contributed by atoms with Gasteiger partial charge in [-0.05, 0) is 38.5 Å². The Balaban J connectivity index is 4.75. The van der Waals surface area contributed by atoms with E-state index in [2.05, 4.69) is 6.92 Å². The summed E-state index contributed by atoms with van der Waals surface area (Å²) >= 11 is 0. The van der Waals surface area contributed by atoms with Crippen LogP contribution in [0.3, 0.4) is 0 Å². The van der Waals surface area contributed by atoms with Crippen LogP contribution in [0.4, 0.5) is 0 Å². The van der Waals surface area contributed by atoms with E-state index in [1.165, 1.54) is 0 Å². The van der Waals surface area contributed by atoms with Crippen molar-refractivity contribution >= 4 is 6.29 Å². The fraction of sp³-hybridized carbons (Fsp3) is 0.750. The smallest absolute Gasteiger partial charge is 0.245 e. The summed E-state index contributed by atoms with van der Waals surface area (Å²) in [5.74, 6) is 0. The molecule has 0 aromatic rings. The van der Waals surface area contributed by atoms with Crippen molar-refractivity contribution in [1.82, 2.24) is 0 Å². The van der Waals surface area contributed by atoms with Gasteiger partial charge < -0.3 is 10.2 Å². The molecule has 0 spiro atoms. The van der Waals surface area contributed by atoms with Crippen molar-refractivity contribution in [2.24, 2.45) is 0 Å². The van der Waals surface area contributed by atoms with E-state index in [1.54, 1.807) is 24.5 Å². The van der Waals surface area contributed by atoms with Crippen molar-refractivity contribution in [3.63, 3.8) is 0 Å². The molecule has 29 heavy (non-hydrogen) atoms. The fourth-order valence-corrected chi connectivity index (χ4v) is 2.84. The lowest BCUT2D eigenvalue weighted by molar-refractivity contribution is -0.573. The second-order valence-corrected chi connectivity index (χ2v) is 7.02. The largest absolute Gasteiger partial charge is 0.386 e. The molecule has 0 saturated carbocycles. The Morgan fingerprint density at radius 2 is 1.34 bits per heavy atom. The zero-order valence-corrected chi connectivity index (χ0v) is 17.0. The molecule has 0 aromatic heterocycles. The number of hydrogen-bond donors (Lipinski definition) is 2. The maximum Gasteiger partial charge on any atom is 0.245 e. The van der Waals surface area contributed by atoms with E-state index < -0.39 is 40.6 Å². The highest BCUT2D eigenvalue weighted by molar-refractivity contribution is 5.50. The van der Waals surface area contributed by atoms with Crippen LogP contribution in [0.2, 0.25) is 0 Å². The van der Waals surface area contributed by atoms with E-state index in [0.29, 0.717) is 19.3 Å². The molecule has 0 aliphatic rings. The molecule has 165 valence electrons. The molecule has 0 aliphatic heterocycles. The fourth-order valence-electron chi connectivity index (χ4n) is 2.84. The summed E-state index contributed by atoms with van der Waals surface area (Å²) in [6.07, 6.45) is 10.6. The zero-order chi connectivity index (χ0) is 22.1. The average Bonchev–Trinajstić information content (AvgIpc) is 2.66. The van der Waals surface area contributed by atoms with Crippen molar-refractivity contribution in [3.05, 3.63) is 44.5 Å². The minimum absolute atomic E-state index is 0.0334. The third kappa shape index (κ3) is 12.8. The molecule has 0 amide bonds. The predicted molar refractivity (Wildman–Crippen MR) is 109 cm³/mol. The highest BCUT2D eigenvalue weighted by atomic mass is 16.6. The van der Waals surface area contributed by atoms with Gasteiger partial charge in [0.1, 0.15) is 12.2 Å². The van der Waals surface area contributed by atoms with Crippen LogP contribution in [-0.4, -0.2) is 50.6 Å². The summed E-state index contributed by atoms with van der Waals surface area (Å²) in [6.45, 7) is 2.08. The van der Waals surface area contributed by atoms with E-state index in [0.717, 1.165) is 25.7 Å². The van der Waals surface area contributed by atoms with Gasteiger partial charge in [0.25, 0.3) is 0 Å². The van der Waals surface area contributed by atoms with Crippen LogP contribution in [0.25, 0.3) is 0 Å². The van der Waals surface area contributed by atoms with Crippen molar-refractivity contribution in [2.75, 3.05) is 0 Å². The van der Waals surface area contributed by atoms with Gasteiger partial charge in [-0.15, -0.1) is 0 Å². The van der Waals surface area contributed by atoms with Gasteiger partial charge >= 0.3 is 0 Å². The summed E-state index contributed by atoms with van der Waals surface area (Å²) < 4.78 is 0. The first-order valence-corrected chi connectivity index (χ1v) is 10.1. The second-order valence-electron chi connectivity index (χ2n) is 7.02. The molecule has 4 atom stereocenters. The number of nitro groups is 2. The van der Waals surface area contributed by atoms with Crippen LogP contribution in [0, 0.1) is 20.2 Å². The van der Waals surface area contributed by atoms with E-state index >= 15 is 0 Å². The van der Waals surface area contributed by atoms with Gasteiger partial charge in [0.15, 0.2) is 6.29 Å². The molecule has 0 aromatic carbocycles. The third-order valence-electron chi connectivity index (χ3n) is 4.63. The SMILES string of the molecule is CCCCC/C=C\CC(O)C(CC(C(O)C/C=C\CCC[C]=O)[N+](=O)[O-])[N+](=O)[O-]. The number of rotatable bonds is 18. The molecule has 0 fully saturated rings. The van der Waals surface area contributed by atoms with Crippen molar-refractivity contribution in [3.8, 4) is 0 Å². The Hall–Kier alpha value is -2.13. The van der Waals surface area contributed by atoms with Crippen LogP contribution in [0.5, 0.6) is 0 Å². The minimum atomic E-state index is -1.55. The van der Waals surface area contributed by atoms with Crippen LogP contribution in [0.15, 0.2) is 24.3 Å². The molecule has 0 bridgehead atoms. The minimum Gasteiger partial charge on any atom is -0.386 e. The van der Waals surface area contributed by atoms with E-state index in [4.69, 9.17) is 0 Å². The molecular weight excluding hydrogens is 380 g/mol. The number of allylic oxidation sites excluding steroid dienone is 2. The number of unbranched alkanes of at least 4 members (excludes halogenated alkanes) is 5. The first kappa shape index (κ1) is 26.9. The van der Waals surface area contributed by atoms with E-state index in [9.17, 15) is 35.2 Å². The van der Waals surface area contributed by atoms with Crippen LogP contribution >= 0.6 is 0 Å². The number of hydrogen-bond acceptors (Lipinski definition) is 7. The first-order valence-electron chi connectivity index (χ1n) is 10.1. The van der Waals surface area contributed by atoms with Gasteiger partial charge in [-0.3, -0.25) is 25.0 Å². The molecule has 0 rings (SSSR count). The predicted octanol–water partition coefficient (Wildman–Crippen LogP) is 3.14. The zero-order valence-electron chi connectivity index (χ0n) is 17.0. The van der Waals surface area contributed by atoms with Crippen molar-refractivity contribution in [2.45, 2.75) is 95.4 Å². The van der Waals surface area contributed by atoms with Gasteiger partial charge in [-0.25, -0.2) is 0 Å². The normalized spacial score (nSPS) is 16.0. The number of carbonyl (C=O) groups excluding carboxylic acids is 1. The van der Waals surface area contributed by atoms with Crippen LogP contribution < -0.4 is 0 Å². The molecular formula is C20H33N2O7. The van der Waals surface area contributed by atoms with E-state index in [-0.39, 0.29) is 12.8 Å². The maximum absolute atomic E-state index is 11.3. The Labute approximate surface area is 171 Å². The van der Waals surface area contributed by atoms with Gasteiger partial charge in [-0.1, -0.05) is 44.1 Å². The Morgan fingerprint density at radius 3 is 1.76 bits per heavy atom. The topological polar surface area (TPSA) is 144 Å². The van der Waals surface area contributed by atoms with Gasteiger partial charge in [0, 0.05) is 16.3 Å².